The topological polar surface area (TPSA) is 95.2 Å². The fraction of sp³-hybridized carbons (Fsp3) is 0.120. The van der Waals surface area contributed by atoms with Gasteiger partial charge >= 0.3 is 0 Å². The zero-order chi connectivity index (χ0) is 23.2. The third-order valence-electron chi connectivity index (χ3n) is 5.84. The molecule has 4 heterocycles. The first-order valence-electron chi connectivity index (χ1n) is 10.8. The number of aromatic amines is 2. The van der Waals surface area contributed by atoms with Crippen molar-refractivity contribution in [1.29, 1.82) is 0 Å². The Labute approximate surface area is 198 Å². The monoisotopic (exact) mass is 471 g/mol. The number of hydrogen-bond acceptors (Lipinski definition) is 5. The highest BCUT2D eigenvalue weighted by atomic mass is 35.5. The lowest BCUT2D eigenvalue weighted by Gasteiger charge is -2.08. The van der Waals surface area contributed by atoms with Crippen LogP contribution in [0.5, 0.6) is 0 Å². The van der Waals surface area contributed by atoms with Gasteiger partial charge in [0.15, 0.2) is 11.5 Å². The SMILES string of the molecule is Cc1cnc2ccc(Cc3nc4ncnc(NCc5cc6c(Cl)c[nH]c6cc5F)c4[nH]3)cc2c1. The van der Waals surface area contributed by atoms with E-state index < -0.39 is 0 Å². The van der Waals surface area contributed by atoms with Gasteiger partial charge in [-0.2, -0.15) is 0 Å². The number of aromatic nitrogens is 6. The molecule has 0 aliphatic carbocycles. The highest BCUT2D eigenvalue weighted by molar-refractivity contribution is 6.35. The quantitative estimate of drug-likeness (QED) is 0.300. The fourth-order valence-corrected chi connectivity index (χ4v) is 4.37. The molecule has 7 nitrogen and oxygen atoms in total. The van der Waals surface area contributed by atoms with Gasteiger partial charge in [0.25, 0.3) is 0 Å². The van der Waals surface area contributed by atoms with Crippen LogP contribution in [0.4, 0.5) is 10.2 Å². The second-order valence-corrected chi connectivity index (χ2v) is 8.71. The van der Waals surface area contributed by atoms with E-state index in [1.807, 2.05) is 25.3 Å². The molecular formula is C25H19ClFN7. The van der Waals surface area contributed by atoms with Crippen molar-refractivity contribution in [3.63, 3.8) is 0 Å². The Morgan fingerprint density at radius 2 is 2.00 bits per heavy atom. The molecule has 6 rings (SSSR count). The van der Waals surface area contributed by atoms with Gasteiger partial charge in [0.1, 0.15) is 23.5 Å². The Morgan fingerprint density at radius 3 is 2.91 bits per heavy atom. The van der Waals surface area contributed by atoms with Crippen molar-refractivity contribution in [2.45, 2.75) is 19.9 Å². The predicted molar refractivity (Wildman–Crippen MR) is 132 cm³/mol. The summed E-state index contributed by atoms with van der Waals surface area (Å²) in [6, 6.07) is 11.5. The molecule has 0 saturated heterocycles. The Bertz CT molecular complexity index is 1690. The van der Waals surface area contributed by atoms with Crippen molar-refractivity contribution >= 4 is 50.4 Å². The molecule has 0 aliphatic rings. The standard InChI is InChI=1S/C25H19ClFN7/c1-13-4-15-5-14(2-3-20(15)28-9-13)6-22-33-23-24(31-12-32-25(23)34-22)30-10-16-7-17-18(26)11-29-21(17)8-19(16)27/h2-5,7-9,11-12,29H,6,10H2,1H3,(H2,30,31,32,33,34). The zero-order valence-corrected chi connectivity index (χ0v) is 18.9. The van der Waals surface area contributed by atoms with Crippen LogP contribution in [0.2, 0.25) is 5.02 Å². The molecule has 3 N–H and O–H groups in total. The predicted octanol–water partition coefficient (Wildman–Crippen LogP) is 5.69. The van der Waals surface area contributed by atoms with Crippen LogP contribution in [0.15, 0.2) is 55.1 Å². The average molecular weight is 472 g/mol. The van der Waals surface area contributed by atoms with E-state index in [4.69, 9.17) is 11.6 Å². The number of pyridine rings is 1. The molecule has 168 valence electrons. The van der Waals surface area contributed by atoms with Gasteiger partial charge < -0.3 is 15.3 Å². The van der Waals surface area contributed by atoms with Gasteiger partial charge in [-0.05, 0) is 48.4 Å². The van der Waals surface area contributed by atoms with Crippen LogP contribution in [-0.2, 0) is 13.0 Å². The van der Waals surface area contributed by atoms with Crippen LogP contribution < -0.4 is 5.32 Å². The summed E-state index contributed by atoms with van der Waals surface area (Å²) in [4.78, 5) is 24.0. The van der Waals surface area contributed by atoms with E-state index in [1.54, 1.807) is 12.3 Å². The van der Waals surface area contributed by atoms with E-state index in [1.165, 1.54) is 12.4 Å². The molecule has 0 amide bonds. The molecular weight excluding hydrogens is 453 g/mol. The number of fused-ring (bicyclic) bond motifs is 3. The van der Waals surface area contributed by atoms with Crippen molar-refractivity contribution in [2.75, 3.05) is 5.32 Å². The summed E-state index contributed by atoms with van der Waals surface area (Å²) in [5.74, 6) is 1.00. The van der Waals surface area contributed by atoms with E-state index in [0.29, 0.717) is 39.5 Å². The highest BCUT2D eigenvalue weighted by Gasteiger charge is 2.13. The van der Waals surface area contributed by atoms with Gasteiger partial charge in [0.05, 0.1) is 10.5 Å². The number of anilines is 1. The molecule has 0 fully saturated rings. The minimum absolute atomic E-state index is 0.237. The Morgan fingerprint density at radius 1 is 1.09 bits per heavy atom. The summed E-state index contributed by atoms with van der Waals surface area (Å²) >= 11 is 6.19. The number of nitrogens with zero attached hydrogens (tertiary/aromatic N) is 4. The fourth-order valence-electron chi connectivity index (χ4n) is 4.16. The molecule has 0 saturated carbocycles. The van der Waals surface area contributed by atoms with E-state index in [9.17, 15) is 4.39 Å². The van der Waals surface area contributed by atoms with Crippen LogP contribution in [0, 0.1) is 12.7 Å². The lowest BCUT2D eigenvalue weighted by atomic mass is 10.1. The summed E-state index contributed by atoms with van der Waals surface area (Å²) in [5, 5.41) is 5.63. The van der Waals surface area contributed by atoms with E-state index in [0.717, 1.165) is 33.2 Å². The molecule has 0 radical (unpaired) electrons. The van der Waals surface area contributed by atoms with Gasteiger partial charge in [0, 0.05) is 47.2 Å². The smallest absolute Gasteiger partial charge is 0.183 e. The third-order valence-corrected chi connectivity index (χ3v) is 6.15. The number of H-pyrrole nitrogens is 2. The largest absolute Gasteiger partial charge is 0.364 e. The molecule has 9 heteroatoms. The van der Waals surface area contributed by atoms with Gasteiger partial charge in [-0.15, -0.1) is 0 Å². The lowest BCUT2D eigenvalue weighted by Crippen LogP contribution is -2.04. The first-order chi connectivity index (χ1) is 16.5. The van der Waals surface area contributed by atoms with Crippen LogP contribution >= 0.6 is 11.6 Å². The van der Waals surface area contributed by atoms with Crippen molar-refractivity contribution in [3.05, 3.63) is 88.5 Å². The van der Waals surface area contributed by atoms with Crippen molar-refractivity contribution in [2.24, 2.45) is 0 Å². The van der Waals surface area contributed by atoms with Gasteiger partial charge in [0.2, 0.25) is 0 Å². The number of hydrogen-bond donors (Lipinski definition) is 3. The number of halogens is 2. The van der Waals surface area contributed by atoms with Crippen LogP contribution in [-0.4, -0.2) is 29.9 Å². The zero-order valence-electron chi connectivity index (χ0n) is 18.2. The van der Waals surface area contributed by atoms with Crippen molar-refractivity contribution in [3.8, 4) is 0 Å². The minimum Gasteiger partial charge on any atom is -0.364 e. The molecule has 0 atom stereocenters. The number of imidazole rings is 1. The van der Waals surface area contributed by atoms with Crippen LogP contribution in [0.25, 0.3) is 33.0 Å². The molecule has 2 aromatic carbocycles. The summed E-state index contributed by atoms with van der Waals surface area (Å²) in [5.41, 5.74) is 5.57. The van der Waals surface area contributed by atoms with E-state index >= 15 is 0 Å². The number of nitrogens with one attached hydrogen (secondary N) is 3. The van der Waals surface area contributed by atoms with Crippen molar-refractivity contribution < 1.29 is 4.39 Å². The second kappa shape index (κ2) is 8.07. The van der Waals surface area contributed by atoms with E-state index in [2.05, 4.69) is 47.4 Å². The Balaban J connectivity index is 1.27. The third kappa shape index (κ3) is 3.72. The first kappa shape index (κ1) is 20.6. The maximum atomic E-state index is 14.6. The lowest BCUT2D eigenvalue weighted by molar-refractivity contribution is 0.614. The molecule has 6 aromatic rings. The van der Waals surface area contributed by atoms with Crippen LogP contribution in [0.1, 0.15) is 22.5 Å². The maximum Gasteiger partial charge on any atom is 0.183 e. The second-order valence-electron chi connectivity index (χ2n) is 8.30. The first-order valence-corrected chi connectivity index (χ1v) is 11.1. The summed E-state index contributed by atoms with van der Waals surface area (Å²) in [7, 11) is 0. The number of aryl methyl sites for hydroxylation is 1. The Kier molecular flexibility index (Phi) is 4.88. The molecule has 0 bridgehead atoms. The number of benzene rings is 2. The van der Waals surface area contributed by atoms with Gasteiger partial charge in [-0.3, -0.25) is 4.98 Å². The molecule has 0 spiro atoms. The average Bonchev–Trinajstić information content (AvgIpc) is 3.40. The normalized spacial score (nSPS) is 11.6. The molecule has 4 aromatic heterocycles. The van der Waals surface area contributed by atoms with Crippen LogP contribution in [0.3, 0.4) is 0 Å². The minimum atomic E-state index is -0.324. The summed E-state index contributed by atoms with van der Waals surface area (Å²) in [6.45, 7) is 2.27. The molecule has 34 heavy (non-hydrogen) atoms. The number of rotatable bonds is 5. The molecule has 0 unspecified atom stereocenters. The summed E-state index contributed by atoms with van der Waals surface area (Å²) in [6.07, 6.45) is 5.57. The Hall–Kier alpha value is -4.04. The van der Waals surface area contributed by atoms with Gasteiger partial charge in [-0.25, -0.2) is 19.3 Å². The van der Waals surface area contributed by atoms with E-state index in [-0.39, 0.29) is 12.4 Å². The van der Waals surface area contributed by atoms with Gasteiger partial charge in [-0.1, -0.05) is 17.7 Å². The highest BCUT2D eigenvalue weighted by Crippen LogP contribution is 2.27. The maximum absolute atomic E-state index is 14.6. The molecule has 0 aliphatic heterocycles. The van der Waals surface area contributed by atoms with Crippen molar-refractivity contribution in [1.82, 2.24) is 29.9 Å². The summed E-state index contributed by atoms with van der Waals surface area (Å²) < 4.78 is 14.6.